The number of likely N-dealkylation sites (N-methyl/N-ethyl adjacent to an activating group) is 2. The van der Waals surface area contributed by atoms with E-state index >= 15 is 0 Å². The van der Waals surface area contributed by atoms with Crippen molar-refractivity contribution in [3.8, 4) is 5.75 Å². The van der Waals surface area contributed by atoms with Crippen molar-refractivity contribution in [1.29, 1.82) is 0 Å². The summed E-state index contributed by atoms with van der Waals surface area (Å²) in [5, 5.41) is 0.794. The number of carbonyl (C=O) groups excluding carboxylic acids is 1. The van der Waals surface area contributed by atoms with Gasteiger partial charge in [-0.3, -0.25) is 4.79 Å². The maximum atomic E-state index is 11.7. The molecule has 0 aliphatic heterocycles. The van der Waals surface area contributed by atoms with E-state index in [1.807, 2.05) is 11.8 Å². The number of amides is 1. The highest BCUT2D eigenvalue weighted by molar-refractivity contribution is 7.11. The molecule has 17 heavy (non-hydrogen) atoms. The molecule has 1 rings (SSSR count). The first-order valence-corrected chi connectivity index (χ1v) is 6.02. The van der Waals surface area contributed by atoms with Crippen LogP contribution in [0.3, 0.4) is 0 Å². The van der Waals surface area contributed by atoms with E-state index in [0.29, 0.717) is 24.7 Å². The number of carbonyl (C=O) groups is 1. The third-order valence-corrected chi connectivity index (χ3v) is 3.26. The Bertz CT molecular complexity index is 392. The molecule has 0 saturated heterocycles. The average Bonchev–Trinajstić information content (AvgIpc) is 2.66. The zero-order valence-corrected chi connectivity index (χ0v) is 11.4. The summed E-state index contributed by atoms with van der Waals surface area (Å²) in [7, 11) is 5.01. The van der Waals surface area contributed by atoms with E-state index in [2.05, 4.69) is 4.37 Å². The van der Waals surface area contributed by atoms with Crippen LogP contribution < -0.4 is 15.4 Å². The molecule has 1 heterocycles. The number of nitrogen functional groups attached to an aromatic ring is 1. The highest BCUT2D eigenvalue weighted by Crippen LogP contribution is 2.37. The smallest absolute Gasteiger partial charge is 0.241 e. The molecule has 0 atom stereocenters. The highest BCUT2D eigenvalue weighted by atomic mass is 32.1. The molecule has 96 valence electrons. The second-order valence-electron chi connectivity index (χ2n) is 3.71. The predicted octanol–water partition coefficient (Wildman–Crippen LogP) is 0.648. The minimum atomic E-state index is 0.0286. The fraction of sp³-hybridized carbons (Fsp3) is 0.600. The Labute approximate surface area is 105 Å². The number of hydrogen-bond donors (Lipinski definition) is 1. The molecule has 1 aromatic rings. The van der Waals surface area contributed by atoms with Crippen LogP contribution in [0.15, 0.2) is 0 Å². The van der Waals surface area contributed by atoms with Gasteiger partial charge in [0.05, 0.1) is 13.7 Å². The van der Waals surface area contributed by atoms with Crippen LogP contribution in [-0.2, 0) is 4.79 Å². The Hall–Kier alpha value is -1.50. The molecular formula is C10H18N4O2S. The molecule has 1 aromatic heterocycles. The zero-order chi connectivity index (χ0) is 13.0. The summed E-state index contributed by atoms with van der Waals surface area (Å²) >= 11 is 1.24. The van der Waals surface area contributed by atoms with Crippen molar-refractivity contribution in [2.24, 2.45) is 0 Å². The number of nitrogens with two attached hydrogens (primary N) is 1. The van der Waals surface area contributed by atoms with Crippen LogP contribution in [0, 0.1) is 0 Å². The van der Waals surface area contributed by atoms with Crippen molar-refractivity contribution < 1.29 is 9.53 Å². The predicted molar refractivity (Wildman–Crippen MR) is 69.7 cm³/mol. The van der Waals surface area contributed by atoms with E-state index < -0.39 is 0 Å². The van der Waals surface area contributed by atoms with Gasteiger partial charge >= 0.3 is 0 Å². The van der Waals surface area contributed by atoms with Gasteiger partial charge < -0.3 is 20.3 Å². The topological polar surface area (TPSA) is 71.7 Å². The van der Waals surface area contributed by atoms with Crippen LogP contribution in [0.25, 0.3) is 0 Å². The molecule has 2 N–H and O–H groups in total. The second-order valence-corrected chi connectivity index (χ2v) is 4.46. The summed E-state index contributed by atoms with van der Waals surface area (Å²) in [5.41, 5.74) is 5.69. The fourth-order valence-corrected chi connectivity index (χ4v) is 2.16. The van der Waals surface area contributed by atoms with Crippen LogP contribution in [0.5, 0.6) is 5.75 Å². The van der Waals surface area contributed by atoms with Gasteiger partial charge in [-0.1, -0.05) is 0 Å². The van der Waals surface area contributed by atoms with Gasteiger partial charge in [0.1, 0.15) is 0 Å². The molecule has 0 unspecified atom stereocenters. The van der Waals surface area contributed by atoms with E-state index in [1.165, 1.54) is 11.5 Å². The standard InChI is InChI=1S/C10H18N4O2S/c1-5-14(6-7(15)13(2)3)10-8(16-4)9(11)12-17-10/h5-6H2,1-4H3,(H2,11,12). The maximum Gasteiger partial charge on any atom is 0.241 e. The molecule has 1 amide bonds. The maximum absolute atomic E-state index is 11.7. The number of rotatable bonds is 5. The first kappa shape index (κ1) is 13.6. The number of nitrogens with zero attached hydrogens (tertiary/aromatic N) is 3. The van der Waals surface area contributed by atoms with E-state index in [4.69, 9.17) is 10.5 Å². The summed E-state index contributed by atoms with van der Waals surface area (Å²) in [6.07, 6.45) is 0. The summed E-state index contributed by atoms with van der Waals surface area (Å²) < 4.78 is 9.23. The number of methoxy groups -OCH3 is 1. The molecule has 0 aliphatic rings. The van der Waals surface area contributed by atoms with Crippen LogP contribution in [0.1, 0.15) is 6.92 Å². The van der Waals surface area contributed by atoms with Gasteiger partial charge in [-0.05, 0) is 18.5 Å². The van der Waals surface area contributed by atoms with Crippen LogP contribution in [-0.4, -0.2) is 49.5 Å². The Balaban J connectivity index is 2.90. The summed E-state index contributed by atoms with van der Waals surface area (Å²) in [6.45, 7) is 2.96. The first-order valence-electron chi connectivity index (χ1n) is 5.25. The molecule has 6 nitrogen and oxygen atoms in total. The molecule has 0 radical (unpaired) electrons. The number of hydrogen-bond acceptors (Lipinski definition) is 6. The summed E-state index contributed by atoms with van der Waals surface area (Å²) in [6, 6.07) is 0. The quantitative estimate of drug-likeness (QED) is 0.839. The zero-order valence-electron chi connectivity index (χ0n) is 10.6. The SMILES string of the molecule is CCN(CC(=O)N(C)C)c1snc(N)c1OC. The van der Waals surface area contributed by atoms with Gasteiger partial charge in [-0.25, -0.2) is 0 Å². The Morgan fingerprint density at radius 3 is 2.65 bits per heavy atom. The number of anilines is 2. The Kier molecular flexibility index (Phi) is 4.56. The molecule has 0 fully saturated rings. The van der Waals surface area contributed by atoms with E-state index in [9.17, 15) is 4.79 Å². The van der Waals surface area contributed by atoms with E-state index in [1.54, 1.807) is 26.1 Å². The summed E-state index contributed by atoms with van der Waals surface area (Å²) in [4.78, 5) is 15.1. The van der Waals surface area contributed by atoms with Crippen molar-refractivity contribution >= 4 is 28.3 Å². The fourth-order valence-electron chi connectivity index (χ4n) is 1.31. The van der Waals surface area contributed by atoms with Gasteiger partial charge in [-0.15, -0.1) is 0 Å². The number of aromatic nitrogens is 1. The average molecular weight is 258 g/mol. The third-order valence-electron chi connectivity index (χ3n) is 2.36. The molecule has 0 aliphatic carbocycles. The molecule has 0 saturated carbocycles. The highest BCUT2D eigenvalue weighted by Gasteiger charge is 2.20. The van der Waals surface area contributed by atoms with Gasteiger partial charge in [0.15, 0.2) is 16.6 Å². The van der Waals surface area contributed by atoms with Crippen LogP contribution in [0.4, 0.5) is 10.8 Å². The molecule has 0 spiro atoms. The number of ether oxygens (including phenoxy) is 1. The van der Waals surface area contributed by atoms with Gasteiger partial charge in [-0.2, -0.15) is 4.37 Å². The van der Waals surface area contributed by atoms with Crippen LogP contribution >= 0.6 is 11.5 Å². The van der Waals surface area contributed by atoms with Gasteiger partial charge in [0.25, 0.3) is 0 Å². The lowest BCUT2D eigenvalue weighted by Gasteiger charge is -2.22. The van der Waals surface area contributed by atoms with Gasteiger partial charge in [0.2, 0.25) is 5.91 Å². The Morgan fingerprint density at radius 2 is 2.18 bits per heavy atom. The monoisotopic (exact) mass is 258 g/mol. The largest absolute Gasteiger partial charge is 0.490 e. The molecule has 0 bridgehead atoms. The third kappa shape index (κ3) is 3.00. The van der Waals surface area contributed by atoms with Crippen molar-refractivity contribution in [3.63, 3.8) is 0 Å². The summed E-state index contributed by atoms with van der Waals surface area (Å²) in [5.74, 6) is 0.938. The van der Waals surface area contributed by atoms with Crippen molar-refractivity contribution in [3.05, 3.63) is 0 Å². The lowest BCUT2D eigenvalue weighted by atomic mass is 10.4. The molecule has 0 aromatic carbocycles. The van der Waals surface area contributed by atoms with Crippen LogP contribution in [0.2, 0.25) is 0 Å². The van der Waals surface area contributed by atoms with E-state index in [-0.39, 0.29) is 5.91 Å². The van der Waals surface area contributed by atoms with Gasteiger partial charge in [0, 0.05) is 20.6 Å². The lowest BCUT2D eigenvalue weighted by molar-refractivity contribution is -0.127. The van der Waals surface area contributed by atoms with Crippen molar-refractivity contribution in [1.82, 2.24) is 9.27 Å². The minimum Gasteiger partial charge on any atom is -0.490 e. The molecular weight excluding hydrogens is 240 g/mol. The molecule has 7 heteroatoms. The minimum absolute atomic E-state index is 0.0286. The van der Waals surface area contributed by atoms with Crippen molar-refractivity contribution in [2.45, 2.75) is 6.92 Å². The second kappa shape index (κ2) is 5.72. The van der Waals surface area contributed by atoms with Crippen molar-refractivity contribution in [2.75, 3.05) is 44.9 Å². The Morgan fingerprint density at radius 1 is 1.53 bits per heavy atom. The van der Waals surface area contributed by atoms with E-state index in [0.717, 1.165) is 5.00 Å². The lowest BCUT2D eigenvalue weighted by Crippen LogP contribution is -2.36. The first-order chi connectivity index (χ1) is 8.01. The normalized spacial score (nSPS) is 10.1.